The number of aromatic nitrogens is 1. The Hall–Kier alpha value is -3.14. The standard InChI is InChI=1S/C20H19N3O/c1-14-4-2-6-16(8-14)18-10-19(13-22-12-18)23-11-15-5-3-7-17(9-15)20(21)24/h2-10,12-13,23H,11H2,1H3,(H2,21,24). The van der Waals surface area contributed by atoms with Gasteiger partial charge in [-0.1, -0.05) is 42.0 Å². The highest BCUT2D eigenvalue weighted by atomic mass is 16.1. The molecule has 2 aromatic carbocycles. The molecule has 1 aromatic heterocycles. The number of anilines is 1. The highest BCUT2D eigenvalue weighted by Crippen LogP contribution is 2.22. The molecule has 0 saturated carbocycles. The summed E-state index contributed by atoms with van der Waals surface area (Å²) < 4.78 is 0. The molecule has 1 amide bonds. The fourth-order valence-corrected chi connectivity index (χ4v) is 2.56. The molecule has 0 unspecified atom stereocenters. The summed E-state index contributed by atoms with van der Waals surface area (Å²) in [5, 5.41) is 3.34. The molecule has 0 bridgehead atoms. The number of primary amides is 1. The molecule has 3 N–H and O–H groups in total. The number of hydrogen-bond donors (Lipinski definition) is 2. The van der Waals surface area contributed by atoms with Gasteiger partial charge in [-0.05, 0) is 36.2 Å². The monoisotopic (exact) mass is 317 g/mol. The molecule has 0 fully saturated rings. The normalized spacial score (nSPS) is 10.4. The second kappa shape index (κ2) is 6.96. The largest absolute Gasteiger partial charge is 0.380 e. The van der Waals surface area contributed by atoms with Crippen molar-refractivity contribution in [3.63, 3.8) is 0 Å². The van der Waals surface area contributed by atoms with E-state index in [9.17, 15) is 4.79 Å². The van der Waals surface area contributed by atoms with Gasteiger partial charge in [0.1, 0.15) is 0 Å². The maximum Gasteiger partial charge on any atom is 0.248 e. The van der Waals surface area contributed by atoms with Gasteiger partial charge in [-0.2, -0.15) is 0 Å². The Labute approximate surface area is 141 Å². The van der Waals surface area contributed by atoms with Gasteiger partial charge in [-0.3, -0.25) is 9.78 Å². The fourth-order valence-electron chi connectivity index (χ4n) is 2.56. The minimum absolute atomic E-state index is 0.417. The molecular formula is C20H19N3O. The Morgan fingerprint density at radius 2 is 1.88 bits per heavy atom. The number of rotatable bonds is 5. The van der Waals surface area contributed by atoms with Crippen molar-refractivity contribution in [3.8, 4) is 11.1 Å². The third-order valence-electron chi connectivity index (χ3n) is 3.80. The highest BCUT2D eigenvalue weighted by Gasteiger charge is 2.03. The molecule has 0 saturated heterocycles. The summed E-state index contributed by atoms with van der Waals surface area (Å²) in [5.41, 5.74) is 11.2. The van der Waals surface area contributed by atoms with Gasteiger partial charge < -0.3 is 11.1 Å². The van der Waals surface area contributed by atoms with Crippen LogP contribution in [-0.4, -0.2) is 10.9 Å². The van der Waals surface area contributed by atoms with Crippen LogP contribution in [0.3, 0.4) is 0 Å². The van der Waals surface area contributed by atoms with Crippen molar-refractivity contribution in [2.75, 3.05) is 5.32 Å². The van der Waals surface area contributed by atoms with Crippen molar-refractivity contribution in [2.24, 2.45) is 5.73 Å². The Morgan fingerprint density at radius 1 is 1.04 bits per heavy atom. The molecule has 0 spiro atoms. The van der Waals surface area contributed by atoms with Crippen molar-refractivity contribution >= 4 is 11.6 Å². The zero-order valence-electron chi connectivity index (χ0n) is 13.5. The predicted molar refractivity (Wildman–Crippen MR) is 96.7 cm³/mol. The number of benzene rings is 2. The minimum Gasteiger partial charge on any atom is -0.380 e. The average Bonchev–Trinajstić information content (AvgIpc) is 2.60. The molecule has 0 atom stereocenters. The maximum atomic E-state index is 11.2. The number of carbonyl (C=O) groups excluding carboxylic acids is 1. The number of amides is 1. The molecule has 1 heterocycles. The van der Waals surface area contributed by atoms with Gasteiger partial charge >= 0.3 is 0 Å². The first-order chi connectivity index (χ1) is 11.6. The zero-order chi connectivity index (χ0) is 16.9. The van der Waals surface area contributed by atoms with E-state index in [1.807, 2.05) is 24.4 Å². The SMILES string of the molecule is Cc1cccc(-c2cncc(NCc3cccc(C(N)=O)c3)c2)c1. The van der Waals surface area contributed by atoms with Crippen LogP contribution in [0.5, 0.6) is 0 Å². The van der Waals surface area contributed by atoms with Gasteiger partial charge in [0, 0.05) is 30.1 Å². The van der Waals surface area contributed by atoms with Gasteiger partial charge in [-0.15, -0.1) is 0 Å². The second-order valence-electron chi connectivity index (χ2n) is 5.75. The van der Waals surface area contributed by atoms with Gasteiger partial charge in [0.25, 0.3) is 0 Å². The van der Waals surface area contributed by atoms with Crippen molar-refractivity contribution in [2.45, 2.75) is 13.5 Å². The van der Waals surface area contributed by atoms with Crippen LogP contribution in [0.2, 0.25) is 0 Å². The summed E-state index contributed by atoms with van der Waals surface area (Å²) in [6, 6.07) is 17.7. The summed E-state index contributed by atoms with van der Waals surface area (Å²) in [6.07, 6.45) is 3.64. The van der Waals surface area contributed by atoms with Crippen LogP contribution >= 0.6 is 0 Å². The molecule has 3 rings (SSSR count). The first kappa shape index (κ1) is 15.7. The maximum absolute atomic E-state index is 11.2. The van der Waals surface area contributed by atoms with E-state index in [2.05, 4.69) is 41.5 Å². The topological polar surface area (TPSA) is 68.0 Å². The molecule has 4 heteroatoms. The number of carbonyl (C=O) groups is 1. The number of nitrogens with one attached hydrogen (secondary N) is 1. The lowest BCUT2D eigenvalue weighted by atomic mass is 10.1. The highest BCUT2D eigenvalue weighted by molar-refractivity contribution is 5.92. The van der Waals surface area contributed by atoms with E-state index in [1.165, 1.54) is 5.56 Å². The van der Waals surface area contributed by atoms with Gasteiger partial charge in [-0.25, -0.2) is 0 Å². The molecule has 0 aliphatic heterocycles. The first-order valence-corrected chi connectivity index (χ1v) is 7.76. The molecule has 0 aliphatic carbocycles. The Balaban J connectivity index is 1.76. The van der Waals surface area contributed by atoms with Crippen LogP contribution < -0.4 is 11.1 Å². The van der Waals surface area contributed by atoms with Crippen LogP contribution in [0.15, 0.2) is 67.0 Å². The fraction of sp³-hybridized carbons (Fsp3) is 0.100. The summed E-state index contributed by atoms with van der Waals surface area (Å²) in [6.45, 7) is 2.67. The van der Waals surface area contributed by atoms with Crippen LogP contribution in [0, 0.1) is 6.92 Å². The summed E-state index contributed by atoms with van der Waals surface area (Å²) >= 11 is 0. The van der Waals surface area contributed by atoms with E-state index in [0.29, 0.717) is 12.1 Å². The van der Waals surface area contributed by atoms with Crippen LogP contribution in [0.1, 0.15) is 21.5 Å². The van der Waals surface area contributed by atoms with Gasteiger partial charge in [0.05, 0.1) is 5.69 Å². The molecule has 0 aliphatic rings. The molecular weight excluding hydrogens is 298 g/mol. The van der Waals surface area contributed by atoms with Crippen molar-refractivity contribution in [1.82, 2.24) is 4.98 Å². The minimum atomic E-state index is -0.417. The average molecular weight is 317 g/mol. The number of nitrogens with two attached hydrogens (primary N) is 1. The summed E-state index contributed by atoms with van der Waals surface area (Å²) in [7, 11) is 0. The molecule has 120 valence electrons. The lowest BCUT2D eigenvalue weighted by Gasteiger charge is -2.09. The Bertz CT molecular complexity index is 874. The lowest BCUT2D eigenvalue weighted by molar-refractivity contribution is 0.1000. The number of hydrogen-bond acceptors (Lipinski definition) is 3. The molecule has 0 radical (unpaired) electrons. The Kier molecular flexibility index (Phi) is 4.57. The predicted octanol–water partition coefficient (Wildman–Crippen LogP) is 3.77. The zero-order valence-corrected chi connectivity index (χ0v) is 13.5. The van der Waals surface area contributed by atoms with Crippen molar-refractivity contribution in [3.05, 3.63) is 83.7 Å². The molecule has 3 aromatic rings. The Morgan fingerprint density at radius 3 is 2.67 bits per heavy atom. The van der Waals surface area contributed by atoms with E-state index in [1.54, 1.807) is 18.3 Å². The third-order valence-corrected chi connectivity index (χ3v) is 3.80. The van der Waals surface area contributed by atoms with E-state index in [-0.39, 0.29) is 0 Å². The number of nitrogens with zero attached hydrogens (tertiary/aromatic N) is 1. The van der Waals surface area contributed by atoms with Gasteiger partial charge in [0.15, 0.2) is 0 Å². The van der Waals surface area contributed by atoms with Crippen molar-refractivity contribution < 1.29 is 4.79 Å². The molecule has 4 nitrogen and oxygen atoms in total. The first-order valence-electron chi connectivity index (χ1n) is 7.76. The van der Waals surface area contributed by atoms with E-state index >= 15 is 0 Å². The van der Waals surface area contributed by atoms with E-state index < -0.39 is 5.91 Å². The lowest BCUT2D eigenvalue weighted by Crippen LogP contribution is -2.11. The third kappa shape index (κ3) is 3.79. The van der Waals surface area contributed by atoms with Crippen molar-refractivity contribution in [1.29, 1.82) is 0 Å². The van der Waals surface area contributed by atoms with E-state index in [0.717, 1.165) is 22.4 Å². The van der Waals surface area contributed by atoms with Crippen LogP contribution in [0.4, 0.5) is 5.69 Å². The van der Waals surface area contributed by atoms with E-state index in [4.69, 9.17) is 5.73 Å². The van der Waals surface area contributed by atoms with Crippen LogP contribution in [-0.2, 0) is 6.54 Å². The number of pyridine rings is 1. The molecule has 24 heavy (non-hydrogen) atoms. The van der Waals surface area contributed by atoms with Crippen LogP contribution in [0.25, 0.3) is 11.1 Å². The number of aryl methyl sites for hydroxylation is 1. The summed E-state index contributed by atoms with van der Waals surface area (Å²) in [5.74, 6) is -0.417. The summed E-state index contributed by atoms with van der Waals surface area (Å²) in [4.78, 5) is 15.6. The second-order valence-corrected chi connectivity index (χ2v) is 5.75. The van der Waals surface area contributed by atoms with Gasteiger partial charge in [0.2, 0.25) is 5.91 Å². The smallest absolute Gasteiger partial charge is 0.248 e. The quantitative estimate of drug-likeness (QED) is 0.752.